The smallest absolute Gasteiger partial charge is 0.429 e. The summed E-state index contributed by atoms with van der Waals surface area (Å²) in [6.07, 6.45) is -9.70. The van der Waals surface area contributed by atoms with Crippen molar-refractivity contribution in [3.8, 4) is 33.1 Å². The average molecular weight is 580 g/mol. The molecule has 0 fully saturated rings. The maximum absolute atomic E-state index is 14.7. The zero-order chi connectivity index (χ0) is 28.7. The first kappa shape index (κ1) is 28.3. The maximum Gasteiger partial charge on any atom is 0.573 e. The third-order valence-corrected chi connectivity index (χ3v) is 6.64. The first-order valence-electron chi connectivity index (χ1n) is 10.9. The van der Waals surface area contributed by atoms with Gasteiger partial charge < -0.3 is 9.47 Å². The monoisotopic (exact) mass is 580 g/mol. The van der Waals surface area contributed by atoms with Gasteiger partial charge in [0.05, 0.1) is 4.88 Å². The second-order valence-corrected chi connectivity index (χ2v) is 9.16. The largest absolute Gasteiger partial charge is 0.573 e. The van der Waals surface area contributed by atoms with Gasteiger partial charge in [-0.1, -0.05) is 31.2 Å². The number of rotatable bonds is 7. The molecule has 39 heavy (non-hydrogen) atoms. The SMILES string of the molecule is CCc1cc(F)c(-c2ccc(-c3cc(F)c(C(F)(F)Oc4cc(F)c(OC(F)(F)F)c(F)c4)c(F)c3)cc2)s1. The van der Waals surface area contributed by atoms with Crippen molar-refractivity contribution in [3.63, 3.8) is 0 Å². The van der Waals surface area contributed by atoms with Crippen molar-refractivity contribution in [3.05, 3.63) is 94.1 Å². The molecule has 2 nitrogen and oxygen atoms in total. The van der Waals surface area contributed by atoms with Gasteiger partial charge in [0.25, 0.3) is 0 Å². The standard InChI is InChI=1S/C26H14F10O2S/c1-2-16-11-21(31)24(39-16)13-5-3-12(4-6-13)14-7-17(27)22(18(28)8-14)25(32,33)37-15-9-19(29)23(20(30)10-15)38-26(34,35)36/h3-11H,2H2,1H3. The average Bonchev–Trinajstić information content (AvgIpc) is 3.20. The summed E-state index contributed by atoms with van der Waals surface area (Å²) in [7, 11) is 0. The summed E-state index contributed by atoms with van der Waals surface area (Å²) >= 11 is 1.23. The van der Waals surface area contributed by atoms with E-state index in [1.807, 2.05) is 6.92 Å². The highest BCUT2D eigenvalue weighted by molar-refractivity contribution is 7.15. The first-order chi connectivity index (χ1) is 18.2. The minimum Gasteiger partial charge on any atom is -0.429 e. The van der Waals surface area contributed by atoms with Gasteiger partial charge in [0.1, 0.15) is 28.8 Å². The fourth-order valence-corrected chi connectivity index (χ4v) is 4.61. The van der Waals surface area contributed by atoms with Crippen molar-refractivity contribution < 1.29 is 53.4 Å². The lowest BCUT2D eigenvalue weighted by Crippen LogP contribution is -2.25. The predicted molar refractivity (Wildman–Crippen MR) is 122 cm³/mol. The minimum atomic E-state index is -5.49. The molecular weight excluding hydrogens is 566 g/mol. The molecule has 0 saturated heterocycles. The topological polar surface area (TPSA) is 18.5 Å². The van der Waals surface area contributed by atoms with Crippen LogP contribution in [0.15, 0.2) is 54.6 Å². The fourth-order valence-electron chi connectivity index (χ4n) is 3.63. The molecular formula is C26H14F10O2S. The van der Waals surface area contributed by atoms with Gasteiger partial charge in [-0.2, -0.15) is 8.78 Å². The van der Waals surface area contributed by atoms with E-state index in [0.717, 1.165) is 4.88 Å². The van der Waals surface area contributed by atoms with Crippen LogP contribution >= 0.6 is 11.3 Å². The Morgan fingerprint density at radius 2 is 1.18 bits per heavy atom. The second kappa shape index (κ2) is 10.4. The lowest BCUT2D eigenvalue weighted by Gasteiger charge is -2.20. The Morgan fingerprint density at radius 1 is 0.641 bits per heavy atom. The summed E-state index contributed by atoms with van der Waals surface area (Å²) < 4.78 is 145. The molecule has 0 atom stereocenters. The number of thiophene rings is 1. The molecule has 1 heterocycles. The number of ether oxygens (including phenoxy) is 2. The molecule has 0 N–H and O–H groups in total. The van der Waals surface area contributed by atoms with E-state index in [4.69, 9.17) is 0 Å². The minimum absolute atomic E-state index is 0.0658. The Kier molecular flexibility index (Phi) is 7.57. The number of benzene rings is 3. The third-order valence-electron chi connectivity index (χ3n) is 5.34. The van der Waals surface area contributed by atoms with Crippen molar-refractivity contribution in [1.82, 2.24) is 0 Å². The maximum atomic E-state index is 14.7. The van der Waals surface area contributed by atoms with E-state index < -0.39 is 58.6 Å². The van der Waals surface area contributed by atoms with Crippen molar-refractivity contribution >= 4 is 11.3 Å². The third kappa shape index (κ3) is 6.13. The molecule has 13 heteroatoms. The molecule has 0 aliphatic carbocycles. The molecule has 0 bridgehead atoms. The van der Waals surface area contributed by atoms with Crippen LogP contribution in [-0.4, -0.2) is 6.36 Å². The Balaban J connectivity index is 1.60. The Labute approximate surface area is 218 Å². The highest BCUT2D eigenvalue weighted by atomic mass is 32.1. The van der Waals surface area contributed by atoms with E-state index >= 15 is 0 Å². The van der Waals surface area contributed by atoms with Gasteiger partial charge in [-0.15, -0.1) is 24.5 Å². The van der Waals surface area contributed by atoms with Gasteiger partial charge in [0.2, 0.25) is 5.75 Å². The summed E-state index contributed by atoms with van der Waals surface area (Å²) in [5, 5.41) is 0. The highest BCUT2D eigenvalue weighted by Crippen LogP contribution is 2.40. The lowest BCUT2D eigenvalue weighted by molar-refractivity contribution is -0.276. The highest BCUT2D eigenvalue weighted by Gasteiger charge is 2.42. The molecule has 0 spiro atoms. The number of aryl methyl sites for hydroxylation is 1. The number of hydrogen-bond acceptors (Lipinski definition) is 3. The fraction of sp³-hybridized carbons (Fsp3) is 0.154. The van der Waals surface area contributed by atoms with Gasteiger partial charge in [-0.3, -0.25) is 0 Å². The zero-order valence-corrected chi connectivity index (χ0v) is 20.2. The van der Waals surface area contributed by atoms with E-state index in [-0.39, 0.29) is 23.3 Å². The number of hydrogen-bond donors (Lipinski definition) is 0. The van der Waals surface area contributed by atoms with Crippen LogP contribution in [0.3, 0.4) is 0 Å². The van der Waals surface area contributed by atoms with Crippen molar-refractivity contribution in [1.29, 1.82) is 0 Å². The molecule has 0 radical (unpaired) electrons. The van der Waals surface area contributed by atoms with Crippen molar-refractivity contribution in [2.75, 3.05) is 0 Å². The Morgan fingerprint density at radius 3 is 1.67 bits per heavy atom. The summed E-state index contributed by atoms with van der Waals surface area (Å²) in [5.74, 6) is -11.4. The second-order valence-electron chi connectivity index (χ2n) is 8.02. The summed E-state index contributed by atoms with van der Waals surface area (Å²) in [5.41, 5.74) is -1.39. The van der Waals surface area contributed by atoms with Gasteiger partial charge in [0, 0.05) is 17.0 Å². The molecule has 0 aliphatic rings. The van der Waals surface area contributed by atoms with Crippen LogP contribution in [0.4, 0.5) is 43.9 Å². The zero-order valence-electron chi connectivity index (χ0n) is 19.4. The Bertz CT molecular complexity index is 1460. The Hall–Kier alpha value is -3.74. The van der Waals surface area contributed by atoms with E-state index in [1.54, 1.807) is 0 Å². The van der Waals surface area contributed by atoms with E-state index in [9.17, 15) is 43.9 Å². The summed E-state index contributed by atoms with van der Waals surface area (Å²) in [4.78, 5) is 1.17. The first-order valence-corrected chi connectivity index (χ1v) is 11.7. The molecule has 3 aromatic carbocycles. The molecule has 4 aromatic rings. The van der Waals surface area contributed by atoms with Crippen molar-refractivity contribution in [2.24, 2.45) is 0 Å². The van der Waals surface area contributed by atoms with Gasteiger partial charge in [-0.25, -0.2) is 22.0 Å². The van der Waals surface area contributed by atoms with E-state index in [2.05, 4.69) is 9.47 Å². The van der Waals surface area contributed by atoms with E-state index in [1.165, 1.54) is 41.7 Å². The molecule has 206 valence electrons. The number of alkyl halides is 5. The van der Waals surface area contributed by atoms with Crippen molar-refractivity contribution in [2.45, 2.75) is 25.8 Å². The molecule has 0 unspecified atom stereocenters. The van der Waals surface area contributed by atoms with Crippen LogP contribution in [0.25, 0.3) is 21.6 Å². The predicted octanol–water partition coefficient (Wildman–Crippen LogP) is 9.37. The number of halogens is 10. The summed E-state index contributed by atoms with van der Waals surface area (Å²) in [6.45, 7) is 1.86. The van der Waals surface area contributed by atoms with Crippen LogP contribution in [0.1, 0.15) is 17.4 Å². The molecule has 1 aromatic heterocycles. The molecule has 0 amide bonds. The normalized spacial score (nSPS) is 12.1. The van der Waals surface area contributed by atoms with Gasteiger partial charge in [0.15, 0.2) is 11.6 Å². The molecule has 4 rings (SSSR count). The van der Waals surface area contributed by atoms with E-state index in [0.29, 0.717) is 29.0 Å². The summed E-state index contributed by atoms with van der Waals surface area (Å²) in [6, 6.07) is 8.17. The quantitative estimate of drug-likeness (QED) is 0.203. The van der Waals surface area contributed by atoms with Crippen LogP contribution in [0.5, 0.6) is 11.5 Å². The lowest BCUT2D eigenvalue weighted by atomic mass is 10.0. The molecule has 0 saturated carbocycles. The molecule has 0 aliphatic heterocycles. The van der Waals surface area contributed by atoms with Crippen LogP contribution in [0, 0.1) is 29.1 Å². The van der Waals surface area contributed by atoms with Crippen LogP contribution in [-0.2, 0) is 12.5 Å². The van der Waals surface area contributed by atoms with Crippen LogP contribution < -0.4 is 9.47 Å². The van der Waals surface area contributed by atoms with Gasteiger partial charge in [-0.05, 0) is 41.3 Å². The van der Waals surface area contributed by atoms with Gasteiger partial charge >= 0.3 is 12.5 Å². The van der Waals surface area contributed by atoms with Crippen LogP contribution in [0.2, 0.25) is 0 Å².